The van der Waals surface area contributed by atoms with Crippen LogP contribution in [0.2, 0.25) is 0 Å². The predicted molar refractivity (Wildman–Crippen MR) is 116 cm³/mol. The third-order valence-corrected chi connectivity index (χ3v) is 5.10. The zero-order chi connectivity index (χ0) is 21.7. The standard InChI is InChI=1S/C23H33N3O4/c1-5-29-22(28)21-18(17-9-6-7-10-19(17)30-21)15-25-11-8-12-26(14-13-25)16-20(27)24-23(2,3)4/h6-7,9-10H,5,8,11-16H2,1-4H3,(H,24,27). The fraction of sp³-hybridized carbons (Fsp3) is 0.565. The van der Waals surface area contributed by atoms with E-state index in [1.807, 2.05) is 45.0 Å². The Morgan fingerprint density at radius 1 is 1.10 bits per heavy atom. The Kier molecular flexibility index (Phi) is 7.15. The molecule has 1 aromatic carbocycles. The van der Waals surface area contributed by atoms with Gasteiger partial charge in [-0.25, -0.2) is 4.79 Å². The number of carbonyl (C=O) groups is 2. The van der Waals surface area contributed by atoms with E-state index in [4.69, 9.17) is 9.15 Å². The molecule has 1 aliphatic rings. The van der Waals surface area contributed by atoms with Crippen LogP contribution in [0.4, 0.5) is 0 Å². The molecule has 0 atom stereocenters. The first kappa shape index (κ1) is 22.3. The number of rotatable bonds is 6. The Morgan fingerprint density at radius 3 is 2.53 bits per heavy atom. The highest BCUT2D eigenvalue weighted by molar-refractivity contribution is 5.96. The van der Waals surface area contributed by atoms with Crippen molar-refractivity contribution in [3.05, 3.63) is 35.6 Å². The molecule has 0 radical (unpaired) electrons. The van der Waals surface area contributed by atoms with Crippen molar-refractivity contribution < 1.29 is 18.7 Å². The van der Waals surface area contributed by atoms with Crippen molar-refractivity contribution in [2.45, 2.75) is 46.2 Å². The normalized spacial score (nSPS) is 16.4. The van der Waals surface area contributed by atoms with Gasteiger partial charge in [0.1, 0.15) is 5.58 Å². The zero-order valence-electron chi connectivity index (χ0n) is 18.5. The van der Waals surface area contributed by atoms with Gasteiger partial charge in [-0.3, -0.25) is 14.6 Å². The smallest absolute Gasteiger partial charge is 0.374 e. The zero-order valence-corrected chi connectivity index (χ0v) is 18.5. The topological polar surface area (TPSA) is 75.0 Å². The van der Waals surface area contributed by atoms with Crippen LogP contribution >= 0.6 is 0 Å². The first-order chi connectivity index (χ1) is 14.3. The van der Waals surface area contributed by atoms with E-state index in [0.29, 0.717) is 31.0 Å². The van der Waals surface area contributed by atoms with Gasteiger partial charge < -0.3 is 14.5 Å². The van der Waals surface area contributed by atoms with E-state index in [1.165, 1.54) is 0 Å². The van der Waals surface area contributed by atoms with E-state index in [-0.39, 0.29) is 11.4 Å². The van der Waals surface area contributed by atoms with Crippen LogP contribution in [0.15, 0.2) is 28.7 Å². The van der Waals surface area contributed by atoms with E-state index in [1.54, 1.807) is 6.92 Å². The summed E-state index contributed by atoms with van der Waals surface area (Å²) in [4.78, 5) is 29.2. The molecule has 1 fully saturated rings. The van der Waals surface area contributed by atoms with Crippen LogP contribution in [0.25, 0.3) is 11.0 Å². The SMILES string of the molecule is CCOC(=O)c1oc2ccccc2c1CN1CCCN(CC(=O)NC(C)(C)C)CC1. The fourth-order valence-corrected chi connectivity index (χ4v) is 3.84. The summed E-state index contributed by atoms with van der Waals surface area (Å²) in [5.41, 5.74) is 1.36. The average molecular weight is 416 g/mol. The Bertz CT molecular complexity index is 884. The summed E-state index contributed by atoms with van der Waals surface area (Å²) < 4.78 is 11.1. The van der Waals surface area contributed by atoms with E-state index in [9.17, 15) is 9.59 Å². The molecule has 3 rings (SSSR count). The molecule has 1 aromatic heterocycles. The van der Waals surface area contributed by atoms with Crippen LogP contribution in [0.5, 0.6) is 0 Å². The van der Waals surface area contributed by atoms with Crippen LogP contribution in [0, 0.1) is 0 Å². The van der Waals surface area contributed by atoms with Crippen LogP contribution in [0.3, 0.4) is 0 Å². The molecule has 7 nitrogen and oxygen atoms in total. The first-order valence-electron chi connectivity index (χ1n) is 10.7. The number of para-hydroxylation sites is 1. The number of hydrogen-bond acceptors (Lipinski definition) is 6. The van der Waals surface area contributed by atoms with Gasteiger partial charge >= 0.3 is 5.97 Å². The minimum Gasteiger partial charge on any atom is -0.460 e. The fourth-order valence-electron chi connectivity index (χ4n) is 3.84. The highest BCUT2D eigenvalue weighted by Gasteiger charge is 2.25. The average Bonchev–Trinajstić information content (AvgIpc) is 2.88. The van der Waals surface area contributed by atoms with Crippen LogP contribution in [0.1, 0.15) is 50.2 Å². The summed E-state index contributed by atoms with van der Waals surface area (Å²) in [6.45, 7) is 12.5. The van der Waals surface area contributed by atoms with Gasteiger partial charge in [0, 0.05) is 36.1 Å². The Morgan fingerprint density at radius 2 is 1.80 bits per heavy atom. The molecular weight excluding hydrogens is 382 g/mol. The van der Waals surface area contributed by atoms with Crippen LogP contribution in [-0.2, 0) is 16.1 Å². The van der Waals surface area contributed by atoms with Crippen LogP contribution in [-0.4, -0.2) is 66.5 Å². The van der Waals surface area contributed by atoms with Crippen molar-refractivity contribution >= 4 is 22.8 Å². The van der Waals surface area contributed by atoms with Crippen molar-refractivity contribution in [2.75, 3.05) is 39.3 Å². The molecule has 0 aliphatic carbocycles. The minimum absolute atomic E-state index is 0.0568. The molecule has 7 heteroatoms. The molecule has 30 heavy (non-hydrogen) atoms. The highest BCUT2D eigenvalue weighted by atomic mass is 16.5. The second kappa shape index (κ2) is 9.62. The van der Waals surface area contributed by atoms with Gasteiger partial charge in [0.05, 0.1) is 13.2 Å². The molecule has 2 aromatic rings. The second-order valence-electron chi connectivity index (χ2n) is 8.83. The number of fused-ring (bicyclic) bond motifs is 1. The number of amides is 1. The van der Waals surface area contributed by atoms with Crippen LogP contribution < -0.4 is 5.32 Å². The summed E-state index contributed by atoms with van der Waals surface area (Å²) in [5, 5.41) is 3.98. The lowest BCUT2D eigenvalue weighted by atomic mass is 10.1. The molecule has 0 saturated carbocycles. The molecular formula is C23H33N3O4. The lowest BCUT2D eigenvalue weighted by molar-refractivity contribution is -0.123. The number of esters is 1. The van der Waals surface area contributed by atoms with E-state index < -0.39 is 5.97 Å². The largest absolute Gasteiger partial charge is 0.460 e. The van der Waals surface area contributed by atoms with Crippen molar-refractivity contribution in [3.8, 4) is 0 Å². The van der Waals surface area contributed by atoms with E-state index >= 15 is 0 Å². The van der Waals surface area contributed by atoms with Crippen molar-refractivity contribution in [1.82, 2.24) is 15.1 Å². The highest BCUT2D eigenvalue weighted by Crippen LogP contribution is 2.28. The Balaban J connectivity index is 1.68. The lowest BCUT2D eigenvalue weighted by Gasteiger charge is -2.25. The molecule has 0 bridgehead atoms. The third-order valence-electron chi connectivity index (χ3n) is 5.10. The predicted octanol–water partition coefficient (Wildman–Crippen LogP) is 3.03. The van der Waals surface area contributed by atoms with Crippen molar-refractivity contribution in [2.24, 2.45) is 0 Å². The van der Waals surface area contributed by atoms with Crippen molar-refractivity contribution in [1.29, 1.82) is 0 Å². The molecule has 1 N–H and O–H groups in total. The van der Waals surface area contributed by atoms with Gasteiger partial charge in [-0.2, -0.15) is 0 Å². The summed E-state index contributed by atoms with van der Waals surface area (Å²) in [5.74, 6) is -0.0657. The monoisotopic (exact) mass is 415 g/mol. The second-order valence-corrected chi connectivity index (χ2v) is 8.83. The number of furan rings is 1. The molecule has 2 heterocycles. The van der Waals surface area contributed by atoms with E-state index in [0.717, 1.165) is 43.5 Å². The number of nitrogens with zero attached hydrogens (tertiary/aromatic N) is 2. The molecule has 164 valence electrons. The van der Waals surface area contributed by atoms with Gasteiger partial charge in [0.15, 0.2) is 0 Å². The molecule has 1 aliphatic heterocycles. The molecule has 1 amide bonds. The quantitative estimate of drug-likeness (QED) is 0.731. The summed E-state index contributed by atoms with van der Waals surface area (Å²) in [6, 6.07) is 7.71. The molecule has 1 saturated heterocycles. The van der Waals surface area contributed by atoms with Gasteiger partial charge in [0.25, 0.3) is 0 Å². The number of ether oxygens (including phenoxy) is 1. The molecule has 0 unspecified atom stereocenters. The van der Waals surface area contributed by atoms with Gasteiger partial charge in [-0.1, -0.05) is 18.2 Å². The number of benzene rings is 1. The van der Waals surface area contributed by atoms with Crippen molar-refractivity contribution in [3.63, 3.8) is 0 Å². The maximum atomic E-state index is 12.4. The Hall–Kier alpha value is -2.38. The summed E-state index contributed by atoms with van der Waals surface area (Å²) in [6.07, 6.45) is 0.966. The maximum absolute atomic E-state index is 12.4. The first-order valence-corrected chi connectivity index (χ1v) is 10.7. The van der Waals surface area contributed by atoms with Gasteiger partial charge in [-0.15, -0.1) is 0 Å². The number of nitrogens with one attached hydrogen (secondary N) is 1. The third kappa shape index (κ3) is 5.83. The molecule has 0 spiro atoms. The number of hydrogen-bond donors (Lipinski definition) is 1. The summed E-state index contributed by atoms with van der Waals surface area (Å²) in [7, 11) is 0. The van der Waals surface area contributed by atoms with Gasteiger partial charge in [0.2, 0.25) is 11.7 Å². The summed E-state index contributed by atoms with van der Waals surface area (Å²) >= 11 is 0. The Labute approximate surface area is 178 Å². The maximum Gasteiger partial charge on any atom is 0.374 e. The van der Waals surface area contributed by atoms with E-state index in [2.05, 4.69) is 15.1 Å². The lowest BCUT2D eigenvalue weighted by Crippen LogP contribution is -2.46. The number of carbonyl (C=O) groups excluding carboxylic acids is 2. The minimum atomic E-state index is -0.418. The van der Waals surface area contributed by atoms with Gasteiger partial charge in [-0.05, 0) is 53.3 Å².